The van der Waals surface area contributed by atoms with Crippen molar-refractivity contribution in [3.8, 4) is 23.1 Å². The Morgan fingerprint density at radius 3 is 2.70 bits per heavy atom. The lowest BCUT2D eigenvalue weighted by atomic mass is 10.1. The third-order valence-electron chi connectivity index (χ3n) is 3.70. The monoisotopic (exact) mass is 427 g/mol. The van der Waals surface area contributed by atoms with Gasteiger partial charge in [0.1, 0.15) is 5.82 Å². The van der Waals surface area contributed by atoms with E-state index in [0.717, 1.165) is 0 Å². The van der Waals surface area contributed by atoms with E-state index in [4.69, 9.17) is 8.83 Å². The highest BCUT2D eigenvalue weighted by molar-refractivity contribution is 9.10. The molecule has 0 aliphatic rings. The molecule has 4 aromatic rings. The van der Waals surface area contributed by atoms with Gasteiger partial charge in [0.05, 0.1) is 11.8 Å². The van der Waals surface area contributed by atoms with Crippen LogP contribution in [0.3, 0.4) is 0 Å². The third-order valence-corrected chi connectivity index (χ3v) is 4.19. The molecule has 8 heteroatoms. The molecule has 0 fully saturated rings. The second-order valence-corrected chi connectivity index (χ2v) is 6.46. The number of nitrogens with one attached hydrogen (secondary N) is 1. The molecular weight excluding hydrogens is 417 g/mol. The van der Waals surface area contributed by atoms with Crippen LogP contribution in [0, 0.1) is 5.82 Å². The van der Waals surface area contributed by atoms with Gasteiger partial charge in [-0.3, -0.25) is 4.79 Å². The van der Waals surface area contributed by atoms with Gasteiger partial charge in [-0.2, -0.15) is 0 Å². The number of hydrogen-bond donors (Lipinski definition) is 1. The maximum Gasteiger partial charge on any atom is 0.283 e. The minimum absolute atomic E-state index is 0.0623. The fourth-order valence-electron chi connectivity index (χ4n) is 2.44. The van der Waals surface area contributed by atoms with Crippen LogP contribution in [0.2, 0.25) is 0 Å². The molecule has 27 heavy (non-hydrogen) atoms. The number of furan rings is 1. The highest BCUT2D eigenvalue weighted by Gasteiger charge is 2.15. The van der Waals surface area contributed by atoms with Gasteiger partial charge >= 0.3 is 0 Å². The number of carbonyl (C=O) groups excluding carboxylic acids is 1. The van der Waals surface area contributed by atoms with Crippen LogP contribution >= 0.6 is 15.9 Å². The average molecular weight is 428 g/mol. The molecule has 0 saturated heterocycles. The molecule has 1 N–H and O–H groups in total. The van der Waals surface area contributed by atoms with Crippen LogP contribution in [0.4, 0.5) is 10.1 Å². The van der Waals surface area contributed by atoms with E-state index in [1.54, 1.807) is 36.4 Å². The Bertz CT molecular complexity index is 1110. The van der Waals surface area contributed by atoms with Crippen molar-refractivity contribution in [1.82, 2.24) is 10.2 Å². The second kappa shape index (κ2) is 7.16. The summed E-state index contributed by atoms with van der Waals surface area (Å²) in [6.45, 7) is 0. The van der Waals surface area contributed by atoms with Crippen LogP contribution in [0.5, 0.6) is 0 Å². The number of carbonyl (C=O) groups is 1. The molecule has 2 heterocycles. The maximum absolute atomic E-state index is 13.9. The van der Waals surface area contributed by atoms with E-state index in [1.165, 1.54) is 24.5 Å². The molecule has 0 bridgehead atoms. The predicted octanol–water partition coefficient (Wildman–Crippen LogP) is 5.15. The molecule has 0 unspecified atom stereocenters. The van der Waals surface area contributed by atoms with E-state index in [1.807, 2.05) is 0 Å². The van der Waals surface area contributed by atoms with Gasteiger partial charge in [0.25, 0.3) is 11.8 Å². The van der Waals surface area contributed by atoms with Crippen LogP contribution in [0.25, 0.3) is 23.1 Å². The number of rotatable bonds is 4. The average Bonchev–Trinajstić information content (AvgIpc) is 3.35. The summed E-state index contributed by atoms with van der Waals surface area (Å²) in [5.41, 5.74) is 1.01. The van der Waals surface area contributed by atoms with Crippen molar-refractivity contribution >= 4 is 27.5 Å². The summed E-state index contributed by atoms with van der Waals surface area (Å²) in [6, 6.07) is 14.4. The predicted molar refractivity (Wildman–Crippen MR) is 99.5 cm³/mol. The summed E-state index contributed by atoms with van der Waals surface area (Å²) >= 11 is 3.23. The van der Waals surface area contributed by atoms with Crippen molar-refractivity contribution < 1.29 is 18.0 Å². The standard InChI is InChI=1S/C19H11BrFN3O3/c20-12-6-7-15(21)14(10-12)17(25)22-13-4-1-3-11(9-13)18-23-24-19(27-18)16-5-2-8-26-16/h1-10H,(H,22,25). The molecule has 2 aromatic heterocycles. The van der Waals surface area contributed by atoms with Crippen LogP contribution in [0.1, 0.15) is 10.4 Å². The van der Waals surface area contributed by atoms with Gasteiger partial charge in [0.2, 0.25) is 5.89 Å². The molecule has 0 atom stereocenters. The summed E-state index contributed by atoms with van der Waals surface area (Å²) in [5, 5.41) is 10.6. The fourth-order valence-corrected chi connectivity index (χ4v) is 2.80. The normalized spacial score (nSPS) is 10.7. The Labute approximate surface area is 161 Å². The van der Waals surface area contributed by atoms with E-state index in [2.05, 4.69) is 31.4 Å². The zero-order valence-electron chi connectivity index (χ0n) is 13.6. The topological polar surface area (TPSA) is 81.2 Å². The van der Waals surface area contributed by atoms with Crippen molar-refractivity contribution in [1.29, 1.82) is 0 Å². The Kier molecular flexibility index (Phi) is 4.55. The van der Waals surface area contributed by atoms with Crippen LogP contribution in [-0.4, -0.2) is 16.1 Å². The minimum Gasteiger partial charge on any atom is -0.459 e. The fraction of sp³-hybridized carbons (Fsp3) is 0. The number of anilines is 1. The van der Waals surface area contributed by atoms with Crippen LogP contribution in [-0.2, 0) is 0 Å². The zero-order valence-corrected chi connectivity index (χ0v) is 15.2. The molecule has 0 saturated carbocycles. The quantitative estimate of drug-likeness (QED) is 0.486. The summed E-state index contributed by atoms with van der Waals surface area (Å²) in [7, 11) is 0. The van der Waals surface area contributed by atoms with Crippen molar-refractivity contribution in [2.24, 2.45) is 0 Å². The van der Waals surface area contributed by atoms with Gasteiger partial charge in [-0.15, -0.1) is 10.2 Å². The molecule has 2 aromatic carbocycles. The molecule has 0 spiro atoms. The van der Waals surface area contributed by atoms with Crippen molar-refractivity contribution in [3.63, 3.8) is 0 Å². The van der Waals surface area contributed by atoms with Crippen LogP contribution in [0.15, 0.2) is 74.2 Å². The summed E-state index contributed by atoms with van der Waals surface area (Å²) < 4.78 is 25.3. The maximum atomic E-state index is 13.9. The van der Waals surface area contributed by atoms with Gasteiger partial charge in [-0.25, -0.2) is 4.39 Å². The number of halogens is 2. The van der Waals surface area contributed by atoms with Crippen molar-refractivity contribution in [2.45, 2.75) is 0 Å². The molecule has 0 aliphatic carbocycles. The first kappa shape index (κ1) is 17.2. The largest absolute Gasteiger partial charge is 0.459 e. The highest BCUT2D eigenvalue weighted by Crippen LogP contribution is 2.26. The molecule has 0 radical (unpaired) electrons. The lowest BCUT2D eigenvalue weighted by molar-refractivity contribution is 0.102. The highest BCUT2D eigenvalue weighted by atomic mass is 79.9. The Morgan fingerprint density at radius 2 is 1.89 bits per heavy atom. The van der Waals surface area contributed by atoms with Crippen molar-refractivity contribution in [2.75, 3.05) is 5.32 Å². The Hall–Kier alpha value is -3.26. The van der Waals surface area contributed by atoms with E-state index >= 15 is 0 Å². The van der Waals surface area contributed by atoms with Crippen molar-refractivity contribution in [3.05, 3.63) is 76.7 Å². The van der Waals surface area contributed by atoms with E-state index in [-0.39, 0.29) is 17.3 Å². The third kappa shape index (κ3) is 3.65. The van der Waals surface area contributed by atoms with E-state index in [0.29, 0.717) is 21.5 Å². The Morgan fingerprint density at radius 1 is 1.04 bits per heavy atom. The minimum atomic E-state index is -0.605. The lowest BCUT2D eigenvalue weighted by Gasteiger charge is -2.07. The van der Waals surface area contributed by atoms with E-state index < -0.39 is 11.7 Å². The molecule has 1 amide bonds. The Balaban J connectivity index is 1.58. The molecule has 0 aliphatic heterocycles. The van der Waals surface area contributed by atoms with Gasteiger partial charge in [0.15, 0.2) is 5.76 Å². The first-order chi connectivity index (χ1) is 13.1. The van der Waals surface area contributed by atoms with Gasteiger partial charge in [-0.05, 0) is 48.5 Å². The molecular formula is C19H11BrFN3O3. The van der Waals surface area contributed by atoms with Gasteiger partial charge < -0.3 is 14.2 Å². The molecule has 6 nitrogen and oxygen atoms in total. The zero-order chi connectivity index (χ0) is 18.8. The summed E-state index contributed by atoms with van der Waals surface area (Å²) in [4.78, 5) is 12.4. The SMILES string of the molecule is O=C(Nc1cccc(-c2nnc(-c3ccco3)o2)c1)c1cc(Br)ccc1F. The number of amides is 1. The summed E-state index contributed by atoms with van der Waals surface area (Å²) in [5.74, 6) is -0.185. The summed E-state index contributed by atoms with van der Waals surface area (Å²) in [6.07, 6.45) is 1.51. The first-order valence-corrected chi connectivity index (χ1v) is 8.64. The number of nitrogens with zero attached hydrogens (tertiary/aromatic N) is 2. The smallest absolute Gasteiger partial charge is 0.283 e. The first-order valence-electron chi connectivity index (χ1n) is 7.84. The number of aromatic nitrogens is 2. The van der Waals surface area contributed by atoms with E-state index in [9.17, 15) is 9.18 Å². The second-order valence-electron chi connectivity index (χ2n) is 5.55. The number of hydrogen-bond acceptors (Lipinski definition) is 5. The van der Waals surface area contributed by atoms with Crippen LogP contribution < -0.4 is 5.32 Å². The lowest BCUT2D eigenvalue weighted by Crippen LogP contribution is -2.13. The molecule has 134 valence electrons. The molecule has 4 rings (SSSR count). The van der Waals surface area contributed by atoms with Gasteiger partial charge in [-0.1, -0.05) is 22.0 Å². The van der Waals surface area contributed by atoms with Gasteiger partial charge in [0, 0.05) is 15.7 Å². The number of benzene rings is 2.